The lowest BCUT2D eigenvalue weighted by Crippen LogP contribution is -2.03. The Morgan fingerprint density at radius 3 is 2.23 bits per heavy atom. The summed E-state index contributed by atoms with van der Waals surface area (Å²) in [6.45, 7) is 3.00. The number of pyridine rings is 1. The number of fused-ring (bicyclic) bond motifs is 3. The van der Waals surface area contributed by atoms with Crippen LogP contribution in [0.15, 0.2) is 84.9 Å². The normalized spacial score (nSPS) is 11.4. The largest absolute Gasteiger partial charge is 0.319 e. The van der Waals surface area contributed by atoms with Crippen LogP contribution in [0.1, 0.15) is 31.0 Å². The molecule has 0 fully saturated rings. The summed E-state index contributed by atoms with van der Waals surface area (Å²) in [6.07, 6.45) is 3.22. The van der Waals surface area contributed by atoms with Gasteiger partial charge in [-0.15, -0.1) is 0 Å². The molecule has 0 aliphatic heterocycles. The van der Waals surface area contributed by atoms with Crippen LogP contribution in [0.5, 0.6) is 0 Å². The molecule has 5 aromatic rings. The van der Waals surface area contributed by atoms with Gasteiger partial charge in [-0.05, 0) is 24.5 Å². The van der Waals surface area contributed by atoms with Gasteiger partial charge in [0.25, 0.3) is 0 Å². The monoisotopic (exact) mass is 391 g/mol. The van der Waals surface area contributed by atoms with Crippen LogP contribution in [0.25, 0.3) is 33.3 Å². The van der Waals surface area contributed by atoms with Crippen LogP contribution in [-0.4, -0.2) is 14.5 Å². The number of hydrogen-bond donors (Lipinski definition) is 0. The summed E-state index contributed by atoms with van der Waals surface area (Å²) in [5.74, 6) is 1.00. The van der Waals surface area contributed by atoms with E-state index in [0.29, 0.717) is 0 Å². The topological polar surface area (TPSA) is 30.7 Å². The van der Waals surface area contributed by atoms with Crippen molar-refractivity contribution >= 4 is 21.9 Å². The van der Waals surface area contributed by atoms with Crippen molar-refractivity contribution in [1.82, 2.24) is 14.5 Å². The number of imidazole rings is 1. The van der Waals surface area contributed by atoms with E-state index >= 15 is 0 Å². The van der Waals surface area contributed by atoms with Crippen molar-refractivity contribution < 1.29 is 0 Å². The Labute approximate surface area is 177 Å². The molecule has 2 heterocycles. The molecule has 148 valence electrons. The molecule has 0 bridgehead atoms. The highest BCUT2D eigenvalue weighted by Gasteiger charge is 2.19. The second-order valence-corrected chi connectivity index (χ2v) is 7.75. The SMILES string of the molecule is CCCCc1nc2ccccc2c2c1nc(-c1ccccc1)n2Cc1ccccc1. The Morgan fingerprint density at radius 1 is 0.767 bits per heavy atom. The van der Waals surface area contributed by atoms with Crippen LogP contribution in [-0.2, 0) is 13.0 Å². The molecule has 0 spiro atoms. The van der Waals surface area contributed by atoms with Gasteiger partial charge in [0, 0.05) is 17.5 Å². The molecule has 0 radical (unpaired) electrons. The Morgan fingerprint density at radius 2 is 1.47 bits per heavy atom. The lowest BCUT2D eigenvalue weighted by atomic mass is 10.1. The minimum absolute atomic E-state index is 0.781. The predicted octanol–water partition coefficient (Wildman–Crippen LogP) is 6.64. The number of para-hydroxylation sites is 1. The Bertz CT molecular complexity index is 1290. The van der Waals surface area contributed by atoms with Crippen LogP contribution in [0, 0.1) is 0 Å². The first kappa shape index (κ1) is 18.6. The van der Waals surface area contributed by atoms with Crippen LogP contribution in [0.3, 0.4) is 0 Å². The average Bonchev–Trinajstić information content (AvgIpc) is 3.18. The van der Waals surface area contributed by atoms with Gasteiger partial charge in [-0.3, -0.25) is 4.98 Å². The summed E-state index contributed by atoms with van der Waals surface area (Å²) in [7, 11) is 0. The van der Waals surface area contributed by atoms with Gasteiger partial charge in [0.15, 0.2) is 0 Å². The fourth-order valence-electron chi connectivity index (χ4n) is 4.14. The van der Waals surface area contributed by atoms with E-state index in [9.17, 15) is 0 Å². The maximum atomic E-state index is 5.18. The van der Waals surface area contributed by atoms with E-state index in [1.54, 1.807) is 0 Å². The number of rotatable bonds is 6. The molecule has 3 nitrogen and oxygen atoms in total. The van der Waals surface area contributed by atoms with Crippen LogP contribution < -0.4 is 0 Å². The van der Waals surface area contributed by atoms with Crippen LogP contribution in [0.2, 0.25) is 0 Å². The molecule has 3 aromatic carbocycles. The number of unbranched alkanes of at least 4 members (excludes halogenated alkanes) is 1. The maximum absolute atomic E-state index is 5.18. The molecule has 3 heteroatoms. The Balaban J connectivity index is 1.83. The van der Waals surface area contributed by atoms with Crippen molar-refractivity contribution in [3.63, 3.8) is 0 Å². The molecular formula is C27H25N3. The molecule has 2 aromatic heterocycles. The number of hydrogen-bond acceptors (Lipinski definition) is 2. The molecule has 0 unspecified atom stereocenters. The fraction of sp³-hybridized carbons (Fsp3) is 0.185. The van der Waals surface area contributed by atoms with E-state index in [1.165, 1.54) is 16.5 Å². The lowest BCUT2D eigenvalue weighted by molar-refractivity contribution is 0.783. The number of aryl methyl sites for hydroxylation is 1. The first-order chi connectivity index (χ1) is 14.8. The van der Waals surface area contributed by atoms with Crippen molar-refractivity contribution in [2.45, 2.75) is 32.7 Å². The van der Waals surface area contributed by atoms with Gasteiger partial charge < -0.3 is 4.57 Å². The summed E-state index contributed by atoms with van der Waals surface area (Å²) < 4.78 is 2.37. The first-order valence-electron chi connectivity index (χ1n) is 10.7. The van der Waals surface area contributed by atoms with Crippen LogP contribution >= 0.6 is 0 Å². The van der Waals surface area contributed by atoms with Gasteiger partial charge in [0.2, 0.25) is 0 Å². The molecule has 5 rings (SSSR count). The van der Waals surface area contributed by atoms with Crippen LogP contribution in [0.4, 0.5) is 0 Å². The van der Waals surface area contributed by atoms with E-state index < -0.39 is 0 Å². The van der Waals surface area contributed by atoms with Gasteiger partial charge in [-0.2, -0.15) is 0 Å². The van der Waals surface area contributed by atoms with E-state index in [-0.39, 0.29) is 0 Å². The van der Waals surface area contributed by atoms with Gasteiger partial charge in [0.1, 0.15) is 11.3 Å². The number of nitrogens with zero attached hydrogens (tertiary/aromatic N) is 3. The fourth-order valence-corrected chi connectivity index (χ4v) is 4.14. The van der Waals surface area contributed by atoms with Gasteiger partial charge in [-0.25, -0.2) is 4.98 Å². The van der Waals surface area contributed by atoms with Crippen molar-refractivity contribution in [3.8, 4) is 11.4 Å². The smallest absolute Gasteiger partial charge is 0.141 e. The third-order valence-corrected chi connectivity index (χ3v) is 5.64. The van der Waals surface area contributed by atoms with Gasteiger partial charge >= 0.3 is 0 Å². The summed E-state index contributed by atoms with van der Waals surface area (Å²) in [5, 5.41) is 1.17. The van der Waals surface area contributed by atoms with E-state index in [0.717, 1.165) is 53.9 Å². The second kappa shape index (κ2) is 8.11. The number of benzene rings is 3. The zero-order valence-electron chi connectivity index (χ0n) is 17.3. The highest BCUT2D eigenvalue weighted by atomic mass is 15.1. The highest BCUT2D eigenvalue weighted by molar-refractivity contribution is 6.04. The van der Waals surface area contributed by atoms with Crippen molar-refractivity contribution in [2.24, 2.45) is 0 Å². The quantitative estimate of drug-likeness (QED) is 0.325. The average molecular weight is 392 g/mol. The molecule has 0 atom stereocenters. The maximum Gasteiger partial charge on any atom is 0.141 e. The Kier molecular flexibility index (Phi) is 5.02. The summed E-state index contributed by atoms with van der Waals surface area (Å²) in [5.41, 5.74) is 6.78. The van der Waals surface area contributed by atoms with E-state index in [4.69, 9.17) is 9.97 Å². The minimum Gasteiger partial charge on any atom is -0.319 e. The third-order valence-electron chi connectivity index (χ3n) is 5.64. The zero-order chi connectivity index (χ0) is 20.3. The molecule has 0 saturated heterocycles. The van der Waals surface area contributed by atoms with Crippen molar-refractivity contribution in [2.75, 3.05) is 0 Å². The number of aromatic nitrogens is 3. The van der Waals surface area contributed by atoms with Gasteiger partial charge in [-0.1, -0.05) is 92.2 Å². The predicted molar refractivity (Wildman–Crippen MR) is 125 cm³/mol. The Hall–Kier alpha value is -3.46. The standard InChI is InChI=1S/C27H25N3/c1-2-3-17-24-25-26(22-16-10-11-18-23(22)28-24)30(19-20-12-6-4-7-13-20)27(29-25)21-14-8-5-9-15-21/h4-16,18H,2-3,17,19H2,1H3. The molecule has 0 amide bonds. The highest BCUT2D eigenvalue weighted by Crippen LogP contribution is 2.32. The van der Waals surface area contributed by atoms with E-state index in [2.05, 4.69) is 96.4 Å². The van der Waals surface area contributed by atoms with Crippen molar-refractivity contribution in [3.05, 3.63) is 96.2 Å². The van der Waals surface area contributed by atoms with Crippen molar-refractivity contribution in [1.29, 1.82) is 0 Å². The van der Waals surface area contributed by atoms with Gasteiger partial charge in [0.05, 0.1) is 16.7 Å². The lowest BCUT2D eigenvalue weighted by Gasteiger charge is -2.12. The molecule has 0 aliphatic carbocycles. The molecule has 0 aliphatic rings. The minimum atomic E-state index is 0.781. The third kappa shape index (κ3) is 3.37. The van der Waals surface area contributed by atoms with E-state index in [1.807, 2.05) is 0 Å². The molecule has 0 saturated carbocycles. The summed E-state index contributed by atoms with van der Waals surface area (Å²) >= 11 is 0. The molecule has 0 N–H and O–H groups in total. The first-order valence-corrected chi connectivity index (χ1v) is 10.7. The molecule has 30 heavy (non-hydrogen) atoms. The summed E-state index contributed by atoms with van der Waals surface area (Å²) in [6, 6.07) is 29.6. The summed E-state index contributed by atoms with van der Waals surface area (Å²) in [4.78, 5) is 10.2. The zero-order valence-corrected chi connectivity index (χ0v) is 17.3. The second-order valence-electron chi connectivity index (χ2n) is 7.75. The molecular weight excluding hydrogens is 366 g/mol.